The maximum absolute atomic E-state index is 12.8. The van der Waals surface area contributed by atoms with E-state index in [4.69, 9.17) is 9.47 Å². The topological polar surface area (TPSA) is 72.9 Å². The Balaban J connectivity index is 1.81. The van der Waals surface area contributed by atoms with E-state index in [2.05, 4.69) is 0 Å². The fourth-order valence-electron chi connectivity index (χ4n) is 2.97. The van der Waals surface area contributed by atoms with Crippen LogP contribution in [0.5, 0.6) is 0 Å². The van der Waals surface area contributed by atoms with Gasteiger partial charge >= 0.3 is 5.97 Å². The molecule has 0 saturated carbocycles. The number of carbonyl (C=O) groups is 3. The zero-order chi connectivity index (χ0) is 20.3. The molecule has 146 valence electrons. The van der Waals surface area contributed by atoms with Gasteiger partial charge in [-0.05, 0) is 38.5 Å². The van der Waals surface area contributed by atoms with Crippen LogP contribution in [0, 0.1) is 0 Å². The predicted octanol–water partition coefficient (Wildman–Crippen LogP) is 3.21. The number of rotatable bonds is 6. The van der Waals surface area contributed by atoms with Crippen LogP contribution in [0.4, 0.5) is 0 Å². The molecule has 2 amide bonds. The van der Waals surface area contributed by atoms with Crippen LogP contribution in [0.1, 0.15) is 47.1 Å². The average Bonchev–Trinajstić information content (AvgIpc) is 2.90. The zero-order valence-electron chi connectivity index (χ0n) is 16.2. The van der Waals surface area contributed by atoms with Crippen LogP contribution in [-0.4, -0.2) is 40.9 Å². The molecule has 6 heteroatoms. The Kier molecular flexibility index (Phi) is 5.61. The summed E-state index contributed by atoms with van der Waals surface area (Å²) in [6, 6.07) is 14.8. The highest BCUT2D eigenvalue weighted by atomic mass is 16.6. The molecule has 0 fully saturated rings. The molecule has 1 atom stereocenters. The second kappa shape index (κ2) is 7.94. The van der Waals surface area contributed by atoms with E-state index >= 15 is 0 Å². The highest BCUT2D eigenvalue weighted by Gasteiger charge is 2.44. The Hall–Kier alpha value is -2.99. The monoisotopic (exact) mass is 381 g/mol. The summed E-state index contributed by atoms with van der Waals surface area (Å²) in [5.74, 6) is -1.70. The van der Waals surface area contributed by atoms with Gasteiger partial charge in [0.25, 0.3) is 11.8 Å². The second-order valence-corrected chi connectivity index (χ2v) is 7.58. The number of fused-ring (bicyclic) bond motifs is 1. The van der Waals surface area contributed by atoms with E-state index in [1.54, 1.807) is 45.0 Å². The van der Waals surface area contributed by atoms with Gasteiger partial charge in [0.15, 0.2) is 6.04 Å². The van der Waals surface area contributed by atoms with Gasteiger partial charge in [-0.3, -0.25) is 14.5 Å². The van der Waals surface area contributed by atoms with E-state index in [0.717, 1.165) is 10.5 Å². The number of amides is 2. The number of hydrogen-bond donors (Lipinski definition) is 0. The average molecular weight is 381 g/mol. The Bertz CT molecular complexity index is 850. The fourth-order valence-corrected chi connectivity index (χ4v) is 2.97. The summed E-state index contributed by atoms with van der Waals surface area (Å²) >= 11 is 0. The summed E-state index contributed by atoms with van der Waals surface area (Å²) in [5, 5.41) is 0. The highest BCUT2D eigenvalue weighted by Crippen LogP contribution is 2.26. The van der Waals surface area contributed by atoms with Gasteiger partial charge in [-0.25, -0.2) is 4.79 Å². The number of hydrogen-bond acceptors (Lipinski definition) is 5. The molecule has 1 heterocycles. The van der Waals surface area contributed by atoms with Crippen molar-refractivity contribution in [3.05, 3.63) is 71.3 Å². The first-order valence-corrected chi connectivity index (χ1v) is 9.09. The van der Waals surface area contributed by atoms with Crippen molar-refractivity contribution in [3.8, 4) is 0 Å². The van der Waals surface area contributed by atoms with Crippen LogP contribution >= 0.6 is 0 Å². The first kappa shape index (κ1) is 19.8. The maximum Gasteiger partial charge on any atom is 0.332 e. The van der Waals surface area contributed by atoms with Crippen LogP contribution in [0.15, 0.2) is 54.6 Å². The van der Waals surface area contributed by atoms with Crippen molar-refractivity contribution in [1.29, 1.82) is 0 Å². The van der Waals surface area contributed by atoms with Gasteiger partial charge in [0, 0.05) is 0 Å². The van der Waals surface area contributed by atoms with Gasteiger partial charge in [-0.2, -0.15) is 0 Å². The molecule has 0 saturated heterocycles. The highest BCUT2D eigenvalue weighted by molar-refractivity contribution is 6.22. The van der Waals surface area contributed by atoms with Crippen molar-refractivity contribution >= 4 is 17.8 Å². The third-order valence-electron chi connectivity index (χ3n) is 4.20. The molecular weight excluding hydrogens is 358 g/mol. The Labute approximate surface area is 164 Å². The standard InChI is InChI=1S/C22H23NO5/c1-22(2,3)28-21(26)18(14-27-13-15-9-5-4-6-10-15)23-19(24)16-11-7-8-12-17(16)20(23)25/h4-12,18H,13-14H2,1-3H3. The van der Waals surface area contributed by atoms with Crippen LogP contribution < -0.4 is 0 Å². The van der Waals surface area contributed by atoms with E-state index in [-0.39, 0.29) is 24.3 Å². The third-order valence-corrected chi connectivity index (χ3v) is 4.20. The van der Waals surface area contributed by atoms with E-state index in [0.29, 0.717) is 0 Å². The van der Waals surface area contributed by atoms with E-state index < -0.39 is 29.4 Å². The van der Waals surface area contributed by atoms with Crippen LogP contribution in [-0.2, 0) is 20.9 Å². The molecule has 3 rings (SSSR count). The van der Waals surface area contributed by atoms with Gasteiger partial charge in [0.05, 0.1) is 24.3 Å². The minimum absolute atomic E-state index is 0.144. The normalized spacial score (nSPS) is 14.8. The van der Waals surface area contributed by atoms with Crippen LogP contribution in [0.3, 0.4) is 0 Å². The number of carbonyl (C=O) groups excluding carboxylic acids is 3. The molecule has 1 aliphatic heterocycles. The summed E-state index contributed by atoms with van der Waals surface area (Å²) in [6.45, 7) is 5.30. The summed E-state index contributed by atoms with van der Waals surface area (Å²) < 4.78 is 11.1. The largest absolute Gasteiger partial charge is 0.458 e. The summed E-state index contributed by atoms with van der Waals surface area (Å²) in [7, 11) is 0. The van der Waals surface area contributed by atoms with Crippen LogP contribution in [0.25, 0.3) is 0 Å². The molecule has 0 aromatic heterocycles. The smallest absolute Gasteiger partial charge is 0.332 e. The number of imide groups is 1. The van der Waals surface area contributed by atoms with Gasteiger partial charge in [0.2, 0.25) is 0 Å². The second-order valence-electron chi connectivity index (χ2n) is 7.58. The molecule has 1 unspecified atom stereocenters. The van der Waals surface area contributed by atoms with Gasteiger partial charge in [-0.1, -0.05) is 42.5 Å². The SMILES string of the molecule is CC(C)(C)OC(=O)C(COCc1ccccc1)N1C(=O)c2ccccc2C1=O. The first-order valence-electron chi connectivity index (χ1n) is 9.09. The lowest BCUT2D eigenvalue weighted by Crippen LogP contribution is -2.49. The van der Waals surface area contributed by atoms with Gasteiger partial charge in [-0.15, -0.1) is 0 Å². The molecule has 6 nitrogen and oxygen atoms in total. The molecule has 0 aliphatic carbocycles. The van der Waals surface area contributed by atoms with Crippen LogP contribution in [0.2, 0.25) is 0 Å². The number of ether oxygens (including phenoxy) is 2. The van der Waals surface area contributed by atoms with Crippen molar-refractivity contribution in [2.24, 2.45) is 0 Å². The molecule has 2 aromatic rings. The molecule has 2 aromatic carbocycles. The Morgan fingerprint density at radius 3 is 2.00 bits per heavy atom. The Morgan fingerprint density at radius 2 is 1.46 bits per heavy atom. The minimum atomic E-state index is -1.16. The van der Waals surface area contributed by atoms with Crippen molar-refractivity contribution in [1.82, 2.24) is 4.90 Å². The van der Waals surface area contributed by atoms with Crippen molar-refractivity contribution < 1.29 is 23.9 Å². The summed E-state index contributed by atoms with van der Waals surface area (Å²) in [4.78, 5) is 39.3. The van der Waals surface area contributed by atoms with E-state index in [1.165, 1.54) is 0 Å². The molecule has 1 aliphatic rings. The molecule has 0 spiro atoms. The van der Waals surface area contributed by atoms with Gasteiger partial charge < -0.3 is 9.47 Å². The number of benzene rings is 2. The molecule has 0 radical (unpaired) electrons. The van der Waals surface area contributed by atoms with Crippen molar-refractivity contribution in [2.75, 3.05) is 6.61 Å². The fraction of sp³-hybridized carbons (Fsp3) is 0.318. The first-order chi connectivity index (χ1) is 13.3. The number of esters is 1. The van der Waals surface area contributed by atoms with Crippen molar-refractivity contribution in [2.45, 2.75) is 39.0 Å². The molecule has 28 heavy (non-hydrogen) atoms. The third kappa shape index (κ3) is 4.28. The summed E-state index contributed by atoms with van der Waals surface area (Å²) in [6.07, 6.45) is 0. The summed E-state index contributed by atoms with van der Waals surface area (Å²) in [5.41, 5.74) is 0.731. The molecule has 0 N–H and O–H groups in total. The lowest BCUT2D eigenvalue weighted by molar-refractivity contribution is -0.161. The van der Waals surface area contributed by atoms with E-state index in [9.17, 15) is 14.4 Å². The van der Waals surface area contributed by atoms with E-state index in [1.807, 2.05) is 30.3 Å². The lowest BCUT2D eigenvalue weighted by Gasteiger charge is -2.28. The van der Waals surface area contributed by atoms with Gasteiger partial charge in [0.1, 0.15) is 5.60 Å². The predicted molar refractivity (Wildman–Crippen MR) is 103 cm³/mol. The molecule has 0 bridgehead atoms. The molecular formula is C22H23NO5. The number of nitrogens with zero attached hydrogens (tertiary/aromatic N) is 1. The Morgan fingerprint density at radius 1 is 0.929 bits per heavy atom. The minimum Gasteiger partial charge on any atom is -0.458 e. The van der Waals surface area contributed by atoms with Crippen molar-refractivity contribution in [3.63, 3.8) is 0 Å². The zero-order valence-corrected chi connectivity index (χ0v) is 16.2. The lowest BCUT2D eigenvalue weighted by atomic mass is 10.1. The maximum atomic E-state index is 12.8. The quantitative estimate of drug-likeness (QED) is 0.567.